The first-order valence-electron chi connectivity index (χ1n) is 9.72. The van der Waals surface area contributed by atoms with Crippen LogP contribution in [0, 0.1) is 0 Å². The van der Waals surface area contributed by atoms with Crippen LogP contribution in [-0.2, 0) is 4.79 Å². The maximum atomic E-state index is 12.8. The van der Waals surface area contributed by atoms with Crippen LogP contribution in [0.4, 0.5) is 16.2 Å². The summed E-state index contributed by atoms with van der Waals surface area (Å²) in [4.78, 5) is 27.0. The Hall–Kier alpha value is -2.53. The van der Waals surface area contributed by atoms with Crippen LogP contribution in [0.3, 0.4) is 0 Å². The molecule has 1 fully saturated rings. The Morgan fingerprint density at radius 1 is 1.14 bits per heavy atom. The summed E-state index contributed by atoms with van der Waals surface area (Å²) in [7, 11) is 0. The minimum absolute atomic E-state index is 0.157. The molecule has 0 unspecified atom stereocenters. The molecule has 2 aromatic carbocycles. The van der Waals surface area contributed by atoms with E-state index in [-0.39, 0.29) is 11.9 Å². The minimum Gasteiger partial charge on any atom is -0.324 e. The molecule has 1 aliphatic heterocycles. The van der Waals surface area contributed by atoms with Crippen molar-refractivity contribution in [1.82, 2.24) is 4.90 Å². The standard InChI is InChI=1S/C22H26ClN3O2/c1-3-15(2)16-9-11-18(12-10-16)24-21(27)20-8-5-13-26(20)22(28)25-19-7-4-6-17(23)14-19/h4,6-7,9-12,14-15,20H,3,5,8,13H2,1-2H3,(H,24,27)(H,25,28)/t15-,20+/m1/s1. The highest BCUT2D eigenvalue weighted by Crippen LogP contribution is 2.23. The Labute approximate surface area is 171 Å². The maximum Gasteiger partial charge on any atom is 0.322 e. The molecule has 0 aromatic heterocycles. The van der Waals surface area contributed by atoms with Crippen molar-refractivity contribution in [2.75, 3.05) is 17.2 Å². The van der Waals surface area contributed by atoms with Crippen LogP contribution in [0.15, 0.2) is 48.5 Å². The van der Waals surface area contributed by atoms with E-state index in [2.05, 4.69) is 24.5 Å². The van der Waals surface area contributed by atoms with Gasteiger partial charge in [-0.05, 0) is 61.1 Å². The van der Waals surface area contributed by atoms with Crippen molar-refractivity contribution in [1.29, 1.82) is 0 Å². The molecule has 3 amide bonds. The van der Waals surface area contributed by atoms with Gasteiger partial charge in [-0.15, -0.1) is 0 Å². The van der Waals surface area contributed by atoms with Gasteiger partial charge in [0.25, 0.3) is 0 Å². The Morgan fingerprint density at radius 3 is 2.57 bits per heavy atom. The number of benzene rings is 2. The summed E-state index contributed by atoms with van der Waals surface area (Å²) in [5.74, 6) is 0.334. The van der Waals surface area contributed by atoms with Crippen LogP contribution < -0.4 is 10.6 Å². The second kappa shape index (κ2) is 9.11. The highest BCUT2D eigenvalue weighted by Gasteiger charge is 2.34. The monoisotopic (exact) mass is 399 g/mol. The van der Waals surface area contributed by atoms with Crippen molar-refractivity contribution in [2.24, 2.45) is 0 Å². The van der Waals surface area contributed by atoms with Crippen molar-refractivity contribution < 1.29 is 9.59 Å². The van der Waals surface area contributed by atoms with Crippen molar-refractivity contribution in [3.05, 3.63) is 59.1 Å². The second-order valence-corrected chi connectivity index (χ2v) is 7.65. The van der Waals surface area contributed by atoms with Gasteiger partial charge in [-0.3, -0.25) is 4.79 Å². The predicted octanol–water partition coefficient (Wildman–Crippen LogP) is 5.49. The average molecular weight is 400 g/mol. The fourth-order valence-electron chi connectivity index (χ4n) is 3.40. The number of halogens is 1. The quantitative estimate of drug-likeness (QED) is 0.698. The lowest BCUT2D eigenvalue weighted by atomic mass is 9.98. The molecule has 0 aliphatic carbocycles. The van der Waals surface area contributed by atoms with Gasteiger partial charge in [-0.1, -0.05) is 43.6 Å². The van der Waals surface area contributed by atoms with Crippen LogP contribution >= 0.6 is 11.6 Å². The molecule has 2 aromatic rings. The number of carbonyl (C=O) groups excluding carboxylic acids is 2. The molecular formula is C22H26ClN3O2. The molecule has 6 heteroatoms. The number of rotatable bonds is 5. The lowest BCUT2D eigenvalue weighted by Gasteiger charge is -2.24. The van der Waals surface area contributed by atoms with Crippen molar-refractivity contribution in [3.63, 3.8) is 0 Å². The van der Waals surface area contributed by atoms with E-state index in [9.17, 15) is 9.59 Å². The zero-order valence-electron chi connectivity index (χ0n) is 16.2. The number of anilines is 2. The molecule has 3 rings (SSSR count). The number of hydrogen-bond donors (Lipinski definition) is 2. The van der Waals surface area contributed by atoms with Crippen LogP contribution in [-0.4, -0.2) is 29.4 Å². The molecular weight excluding hydrogens is 374 g/mol. The Morgan fingerprint density at radius 2 is 1.89 bits per heavy atom. The smallest absolute Gasteiger partial charge is 0.322 e. The number of likely N-dealkylation sites (tertiary alicyclic amines) is 1. The Kier molecular flexibility index (Phi) is 6.57. The molecule has 2 N–H and O–H groups in total. The fourth-order valence-corrected chi connectivity index (χ4v) is 3.59. The third-order valence-electron chi connectivity index (χ3n) is 5.25. The zero-order valence-corrected chi connectivity index (χ0v) is 17.0. The minimum atomic E-state index is -0.478. The summed E-state index contributed by atoms with van der Waals surface area (Å²) in [6, 6.07) is 14.1. The lowest BCUT2D eigenvalue weighted by molar-refractivity contribution is -0.119. The van der Waals surface area contributed by atoms with Crippen LogP contribution in [0.5, 0.6) is 0 Å². The Balaban J connectivity index is 1.63. The molecule has 1 aliphatic rings. The van der Waals surface area contributed by atoms with E-state index >= 15 is 0 Å². The summed E-state index contributed by atoms with van der Waals surface area (Å²) in [6.07, 6.45) is 2.53. The number of hydrogen-bond acceptors (Lipinski definition) is 2. The molecule has 1 heterocycles. The molecule has 0 radical (unpaired) electrons. The molecule has 28 heavy (non-hydrogen) atoms. The third-order valence-corrected chi connectivity index (χ3v) is 5.49. The lowest BCUT2D eigenvalue weighted by Crippen LogP contribution is -2.45. The topological polar surface area (TPSA) is 61.4 Å². The third kappa shape index (κ3) is 4.84. The molecule has 0 bridgehead atoms. The van der Waals surface area contributed by atoms with Crippen molar-refractivity contribution >= 4 is 34.9 Å². The van der Waals surface area contributed by atoms with Gasteiger partial charge >= 0.3 is 6.03 Å². The molecule has 148 valence electrons. The number of nitrogens with zero attached hydrogens (tertiary/aromatic N) is 1. The molecule has 1 saturated heterocycles. The van der Waals surface area contributed by atoms with Crippen LogP contribution in [0.1, 0.15) is 44.6 Å². The fraction of sp³-hybridized carbons (Fsp3) is 0.364. The molecule has 5 nitrogen and oxygen atoms in total. The van der Waals surface area contributed by atoms with E-state index in [1.807, 2.05) is 24.3 Å². The molecule has 0 saturated carbocycles. The molecule has 2 atom stereocenters. The van der Waals surface area contributed by atoms with Gasteiger partial charge in [-0.25, -0.2) is 4.79 Å². The molecule has 0 spiro atoms. The van der Waals surface area contributed by atoms with Gasteiger partial charge in [0.2, 0.25) is 5.91 Å². The van der Waals surface area contributed by atoms with E-state index in [4.69, 9.17) is 11.6 Å². The summed E-state index contributed by atoms with van der Waals surface area (Å²) in [5, 5.41) is 6.32. The highest BCUT2D eigenvalue weighted by molar-refractivity contribution is 6.30. The summed E-state index contributed by atoms with van der Waals surface area (Å²) < 4.78 is 0. The average Bonchev–Trinajstić information content (AvgIpc) is 3.18. The van der Waals surface area contributed by atoms with Gasteiger partial charge in [0.15, 0.2) is 0 Å². The largest absolute Gasteiger partial charge is 0.324 e. The zero-order chi connectivity index (χ0) is 20.1. The summed E-state index contributed by atoms with van der Waals surface area (Å²) in [5.41, 5.74) is 2.62. The number of amides is 3. The van der Waals surface area contributed by atoms with Gasteiger partial charge in [-0.2, -0.15) is 0 Å². The second-order valence-electron chi connectivity index (χ2n) is 7.21. The van der Waals surface area contributed by atoms with E-state index in [0.29, 0.717) is 29.6 Å². The van der Waals surface area contributed by atoms with Gasteiger partial charge in [0, 0.05) is 22.9 Å². The van der Waals surface area contributed by atoms with E-state index in [0.717, 1.165) is 18.5 Å². The van der Waals surface area contributed by atoms with E-state index in [1.54, 1.807) is 29.2 Å². The first kappa shape index (κ1) is 20.2. The van der Waals surface area contributed by atoms with Gasteiger partial charge in [0.1, 0.15) is 6.04 Å². The summed E-state index contributed by atoms with van der Waals surface area (Å²) in [6.45, 7) is 4.89. The van der Waals surface area contributed by atoms with Gasteiger partial charge < -0.3 is 15.5 Å². The number of urea groups is 1. The normalized spacial score (nSPS) is 17.2. The van der Waals surface area contributed by atoms with E-state index in [1.165, 1.54) is 5.56 Å². The van der Waals surface area contributed by atoms with E-state index < -0.39 is 6.04 Å². The van der Waals surface area contributed by atoms with Crippen molar-refractivity contribution in [3.8, 4) is 0 Å². The SMILES string of the molecule is CC[C@@H](C)c1ccc(NC(=O)[C@@H]2CCCN2C(=O)Nc2cccc(Cl)c2)cc1. The first-order valence-corrected chi connectivity index (χ1v) is 10.1. The van der Waals surface area contributed by atoms with Crippen LogP contribution in [0.2, 0.25) is 5.02 Å². The number of carbonyl (C=O) groups is 2. The predicted molar refractivity (Wildman–Crippen MR) is 114 cm³/mol. The van der Waals surface area contributed by atoms with Crippen LogP contribution in [0.25, 0.3) is 0 Å². The first-order chi connectivity index (χ1) is 13.5. The van der Waals surface area contributed by atoms with Gasteiger partial charge in [0.05, 0.1) is 0 Å². The maximum absolute atomic E-state index is 12.8. The summed E-state index contributed by atoms with van der Waals surface area (Å²) >= 11 is 5.97. The highest BCUT2D eigenvalue weighted by atomic mass is 35.5. The Bertz CT molecular complexity index is 838. The number of nitrogens with one attached hydrogen (secondary N) is 2. The van der Waals surface area contributed by atoms with Crippen molar-refractivity contribution in [2.45, 2.75) is 45.1 Å².